The Labute approximate surface area is 136 Å². The molecule has 1 aromatic carbocycles. The molecule has 0 radical (unpaired) electrons. The Kier molecular flexibility index (Phi) is 4.98. The smallest absolute Gasteiger partial charge is 0.375 e. The van der Waals surface area contributed by atoms with Crippen LogP contribution < -0.4 is 16.5 Å². The maximum absolute atomic E-state index is 12.2. The summed E-state index contributed by atoms with van der Waals surface area (Å²) in [5.41, 5.74) is 4.70. The summed E-state index contributed by atoms with van der Waals surface area (Å²) in [7, 11) is 0. The summed E-state index contributed by atoms with van der Waals surface area (Å²) < 4.78 is 10.4. The van der Waals surface area contributed by atoms with Gasteiger partial charge in [0.05, 0.1) is 5.39 Å². The zero-order chi connectivity index (χ0) is 17.9. The third-order valence-corrected chi connectivity index (χ3v) is 3.18. The van der Waals surface area contributed by atoms with E-state index in [2.05, 4.69) is 0 Å². The van der Waals surface area contributed by atoms with Crippen LogP contribution in [-0.4, -0.2) is 24.0 Å². The lowest BCUT2D eigenvalue weighted by Gasteiger charge is -2.19. The Morgan fingerprint density at radius 3 is 2.50 bits per heavy atom. The highest BCUT2D eigenvalue weighted by Crippen LogP contribution is 2.15. The molecule has 0 saturated carbocycles. The van der Waals surface area contributed by atoms with Gasteiger partial charge < -0.3 is 14.9 Å². The zero-order valence-electron chi connectivity index (χ0n) is 13.1. The van der Waals surface area contributed by atoms with Gasteiger partial charge in [-0.15, -0.1) is 0 Å². The van der Waals surface area contributed by atoms with Gasteiger partial charge >= 0.3 is 12.0 Å². The normalized spacial score (nSPS) is 12.0. The number of nitrogens with two attached hydrogens (primary N) is 1. The number of fused-ring (bicyclic) bond motifs is 1. The third kappa shape index (κ3) is 3.78. The first-order chi connectivity index (χ1) is 11.3. The topological polar surface area (TPSA) is 129 Å². The largest absolute Gasteiger partial charge is 0.449 e. The van der Waals surface area contributed by atoms with Crippen molar-refractivity contribution in [1.29, 1.82) is 0 Å². The summed E-state index contributed by atoms with van der Waals surface area (Å²) in [6, 6.07) is 6.35. The van der Waals surface area contributed by atoms with Crippen molar-refractivity contribution >= 4 is 28.9 Å². The van der Waals surface area contributed by atoms with E-state index in [-0.39, 0.29) is 11.3 Å². The molecule has 0 unspecified atom stereocenters. The predicted molar refractivity (Wildman–Crippen MR) is 84.3 cm³/mol. The molecule has 0 bridgehead atoms. The van der Waals surface area contributed by atoms with Crippen LogP contribution in [0, 0.1) is 5.92 Å². The van der Waals surface area contributed by atoms with Gasteiger partial charge in [0.25, 0.3) is 5.91 Å². The summed E-state index contributed by atoms with van der Waals surface area (Å²) in [5.74, 6) is -2.61. The minimum Gasteiger partial charge on any atom is -0.449 e. The minimum absolute atomic E-state index is 0.222. The summed E-state index contributed by atoms with van der Waals surface area (Å²) in [5, 5.41) is 2.17. The lowest BCUT2D eigenvalue weighted by Crippen LogP contribution is -2.45. The molecule has 2 rings (SSSR count). The number of primary amides is 1. The molecule has 126 valence electrons. The number of amides is 3. The summed E-state index contributed by atoms with van der Waals surface area (Å²) >= 11 is 0. The standard InChI is InChI=1S/C16H16N2O6/c1-8(2)13(14(20)18-16(17)22)24-15(21)12-7-10(19)9-5-3-4-6-11(9)23-12/h3-8,13H,1-2H3,(H3,17,18,20,22)/t13-/m0/s1. The maximum Gasteiger partial charge on any atom is 0.375 e. The van der Waals surface area contributed by atoms with Gasteiger partial charge in [0, 0.05) is 6.07 Å². The van der Waals surface area contributed by atoms with Gasteiger partial charge in [-0.1, -0.05) is 26.0 Å². The lowest BCUT2D eigenvalue weighted by atomic mass is 10.1. The Balaban J connectivity index is 2.29. The fourth-order valence-corrected chi connectivity index (χ4v) is 2.06. The van der Waals surface area contributed by atoms with Crippen molar-refractivity contribution in [2.75, 3.05) is 0 Å². The van der Waals surface area contributed by atoms with Crippen molar-refractivity contribution in [3.63, 3.8) is 0 Å². The predicted octanol–water partition coefficient (Wildman–Crippen LogP) is 1.17. The molecule has 24 heavy (non-hydrogen) atoms. The highest BCUT2D eigenvalue weighted by atomic mass is 16.6. The molecule has 3 N–H and O–H groups in total. The third-order valence-electron chi connectivity index (χ3n) is 3.18. The monoisotopic (exact) mass is 332 g/mol. The van der Waals surface area contributed by atoms with Crippen LogP contribution in [0.5, 0.6) is 0 Å². The van der Waals surface area contributed by atoms with E-state index in [1.807, 2.05) is 5.32 Å². The molecule has 3 amide bonds. The highest BCUT2D eigenvalue weighted by Gasteiger charge is 2.29. The van der Waals surface area contributed by atoms with Gasteiger partial charge in [-0.3, -0.25) is 14.9 Å². The number of urea groups is 1. The van der Waals surface area contributed by atoms with E-state index in [0.717, 1.165) is 6.07 Å². The minimum atomic E-state index is -1.26. The average molecular weight is 332 g/mol. The van der Waals surface area contributed by atoms with E-state index in [9.17, 15) is 19.2 Å². The van der Waals surface area contributed by atoms with Crippen LogP contribution in [0.15, 0.2) is 39.5 Å². The van der Waals surface area contributed by atoms with E-state index in [4.69, 9.17) is 14.9 Å². The fourth-order valence-electron chi connectivity index (χ4n) is 2.06. The zero-order valence-corrected chi connectivity index (χ0v) is 13.1. The Morgan fingerprint density at radius 1 is 1.21 bits per heavy atom. The number of hydrogen-bond donors (Lipinski definition) is 2. The molecular formula is C16H16N2O6. The van der Waals surface area contributed by atoms with E-state index < -0.39 is 35.4 Å². The van der Waals surface area contributed by atoms with E-state index in [0.29, 0.717) is 5.39 Å². The van der Waals surface area contributed by atoms with Crippen molar-refractivity contribution in [3.05, 3.63) is 46.3 Å². The van der Waals surface area contributed by atoms with Crippen LogP contribution in [0.25, 0.3) is 11.0 Å². The Morgan fingerprint density at radius 2 is 1.88 bits per heavy atom. The first-order valence-electron chi connectivity index (χ1n) is 7.13. The molecule has 8 heteroatoms. The van der Waals surface area contributed by atoms with Gasteiger partial charge in [-0.25, -0.2) is 9.59 Å². The number of esters is 1. The number of imide groups is 1. The molecule has 2 aromatic rings. The average Bonchev–Trinajstić information content (AvgIpc) is 2.51. The van der Waals surface area contributed by atoms with Crippen LogP contribution >= 0.6 is 0 Å². The van der Waals surface area contributed by atoms with Gasteiger partial charge in [0.1, 0.15) is 5.58 Å². The lowest BCUT2D eigenvalue weighted by molar-refractivity contribution is -0.131. The Bertz CT molecular complexity index is 855. The van der Waals surface area contributed by atoms with Crippen molar-refractivity contribution < 1.29 is 23.5 Å². The first-order valence-corrected chi connectivity index (χ1v) is 7.13. The van der Waals surface area contributed by atoms with Gasteiger partial charge in [0.15, 0.2) is 11.5 Å². The second-order valence-electron chi connectivity index (χ2n) is 5.39. The molecule has 0 aliphatic rings. The van der Waals surface area contributed by atoms with Gasteiger partial charge in [-0.05, 0) is 18.1 Å². The molecule has 1 aromatic heterocycles. The molecule has 0 fully saturated rings. The van der Waals surface area contributed by atoms with Crippen molar-refractivity contribution in [2.24, 2.45) is 11.7 Å². The number of carbonyl (C=O) groups excluding carboxylic acids is 3. The number of ether oxygens (including phenoxy) is 1. The fraction of sp³-hybridized carbons (Fsp3) is 0.250. The molecular weight excluding hydrogens is 316 g/mol. The Hall–Kier alpha value is -3.16. The molecule has 0 aliphatic heterocycles. The van der Waals surface area contributed by atoms with E-state index in [1.54, 1.807) is 32.0 Å². The van der Waals surface area contributed by atoms with Crippen LogP contribution in [-0.2, 0) is 9.53 Å². The van der Waals surface area contributed by atoms with Crippen LogP contribution in [0.2, 0.25) is 0 Å². The molecule has 8 nitrogen and oxygen atoms in total. The molecule has 0 aliphatic carbocycles. The van der Waals surface area contributed by atoms with Crippen molar-refractivity contribution in [1.82, 2.24) is 5.32 Å². The van der Waals surface area contributed by atoms with Crippen LogP contribution in [0.4, 0.5) is 4.79 Å². The number of hydrogen-bond acceptors (Lipinski definition) is 6. The van der Waals surface area contributed by atoms with Gasteiger partial charge in [-0.2, -0.15) is 0 Å². The summed E-state index contributed by atoms with van der Waals surface area (Å²) in [6.07, 6.45) is -1.26. The van der Waals surface area contributed by atoms with Crippen LogP contribution in [0.3, 0.4) is 0 Å². The number of rotatable bonds is 4. The van der Waals surface area contributed by atoms with Crippen molar-refractivity contribution in [2.45, 2.75) is 20.0 Å². The number of para-hydroxylation sites is 1. The van der Waals surface area contributed by atoms with E-state index in [1.165, 1.54) is 6.07 Å². The number of nitrogens with one attached hydrogen (secondary N) is 1. The number of benzene rings is 1. The maximum atomic E-state index is 12.2. The second-order valence-corrected chi connectivity index (χ2v) is 5.39. The molecule has 1 heterocycles. The molecule has 0 spiro atoms. The second kappa shape index (κ2) is 6.95. The quantitative estimate of drug-likeness (QED) is 0.809. The highest BCUT2D eigenvalue weighted by molar-refractivity contribution is 5.98. The SMILES string of the molecule is CC(C)[C@H](OC(=O)c1cc(=O)c2ccccc2o1)C(=O)NC(N)=O. The van der Waals surface area contributed by atoms with E-state index >= 15 is 0 Å². The molecule has 0 saturated heterocycles. The summed E-state index contributed by atoms with van der Waals surface area (Å²) in [6.45, 7) is 3.24. The first kappa shape index (κ1) is 17.2. The van der Waals surface area contributed by atoms with Gasteiger partial charge in [0.2, 0.25) is 5.76 Å². The summed E-state index contributed by atoms with van der Waals surface area (Å²) in [4.78, 5) is 46.8. The van der Waals surface area contributed by atoms with Crippen LogP contribution in [0.1, 0.15) is 24.4 Å². The van der Waals surface area contributed by atoms with Crippen molar-refractivity contribution in [3.8, 4) is 0 Å². The number of carbonyl (C=O) groups is 3. The molecule has 1 atom stereocenters.